The smallest absolute Gasteiger partial charge is 0.191 e. The van der Waals surface area contributed by atoms with Crippen LogP contribution < -0.4 is 10.6 Å². The molecule has 2 rings (SSSR count). The minimum absolute atomic E-state index is 0.180. The molecular weight excluding hydrogens is 291 g/mol. The van der Waals surface area contributed by atoms with Crippen molar-refractivity contribution in [2.24, 2.45) is 4.99 Å². The first-order valence-electron chi connectivity index (χ1n) is 7.94. The number of benzene rings is 1. The molecular formula is C18H23FN4. The van der Waals surface area contributed by atoms with Gasteiger partial charge in [-0.2, -0.15) is 0 Å². The van der Waals surface area contributed by atoms with Crippen molar-refractivity contribution in [3.8, 4) is 0 Å². The van der Waals surface area contributed by atoms with E-state index in [1.54, 1.807) is 18.3 Å². The Balaban J connectivity index is 1.78. The predicted molar refractivity (Wildman–Crippen MR) is 91.8 cm³/mol. The maximum Gasteiger partial charge on any atom is 0.191 e. The van der Waals surface area contributed by atoms with E-state index in [0.717, 1.165) is 43.1 Å². The van der Waals surface area contributed by atoms with Crippen LogP contribution >= 0.6 is 0 Å². The summed E-state index contributed by atoms with van der Waals surface area (Å²) in [4.78, 5) is 8.77. The van der Waals surface area contributed by atoms with Crippen LogP contribution in [-0.2, 0) is 13.0 Å². The summed E-state index contributed by atoms with van der Waals surface area (Å²) in [5.41, 5.74) is 1.95. The average Bonchev–Trinajstić information content (AvgIpc) is 2.57. The van der Waals surface area contributed by atoms with Gasteiger partial charge in [-0.05, 0) is 49.6 Å². The normalized spacial score (nSPS) is 11.3. The molecule has 0 spiro atoms. The van der Waals surface area contributed by atoms with Gasteiger partial charge >= 0.3 is 0 Å². The van der Waals surface area contributed by atoms with Crippen LogP contribution in [0.5, 0.6) is 0 Å². The Morgan fingerprint density at radius 3 is 2.83 bits per heavy atom. The Labute approximate surface area is 136 Å². The van der Waals surface area contributed by atoms with E-state index in [1.807, 2.05) is 31.2 Å². The molecule has 4 nitrogen and oxygen atoms in total. The van der Waals surface area contributed by atoms with E-state index in [4.69, 9.17) is 0 Å². The molecule has 5 heteroatoms. The number of halogens is 1. The number of hydrogen-bond donors (Lipinski definition) is 2. The molecule has 122 valence electrons. The number of nitrogens with one attached hydrogen (secondary N) is 2. The summed E-state index contributed by atoms with van der Waals surface area (Å²) in [7, 11) is 0. The second-order valence-corrected chi connectivity index (χ2v) is 5.18. The third-order valence-electron chi connectivity index (χ3n) is 3.29. The van der Waals surface area contributed by atoms with Gasteiger partial charge in [-0.1, -0.05) is 18.2 Å². The minimum atomic E-state index is -0.180. The highest BCUT2D eigenvalue weighted by molar-refractivity contribution is 5.79. The minimum Gasteiger partial charge on any atom is -0.357 e. The van der Waals surface area contributed by atoms with Gasteiger partial charge in [-0.25, -0.2) is 9.38 Å². The quantitative estimate of drug-likeness (QED) is 0.469. The molecule has 2 aromatic rings. The Morgan fingerprint density at radius 1 is 1.17 bits per heavy atom. The third kappa shape index (κ3) is 6.46. The van der Waals surface area contributed by atoms with Crippen LogP contribution in [0.15, 0.2) is 53.7 Å². The maximum atomic E-state index is 13.1. The van der Waals surface area contributed by atoms with Crippen molar-refractivity contribution < 1.29 is 4.39 Å². The first-order valence-corrected chi connectivity index (χ1v) is 7.94. The third-order valence-corrected chi connectivity index (χ3v) is 3.29. The summed E-state index contributed by atoms with van der Waals surface area (Å²) in [5.74, 6) is 0.595. The van der Waals surface area contributed by atoms with Crippen LogP contribution in [0.25, 0.3) is 0 Å². The summed E-state index contributed by atoms with van der Waals surface area (Å²) >= 11 is 0. The van der Waals surface area contributed by atoms with Gasteiger partial charge in [0.05, 0.1) is 12.2 Å². The largest absolute Gasteiger partial charge is 0.357 e. The first-order chi connectivity index (χ1) is 11.3. The molecule has 0 bridgehead atoms. The van der Waals surface area contributed by atoms with Gasteiger partial charge in [0, 0.05) is 19.3 Å². The van der Waals surface area contributed by atoms with Gasteiger partial charge < -0.3 is 10.6 Å². The van der Waals surface area contributed by atoms with Gasteiger partial charge in [0.15, 0.2) is 5.96 Å². The molecule has 0 unspecified atom stereocenters. The number of nitrogens with zero attached hydrogens (tertiary/aromatic N) is 2. The van der Waals surface area contributed by atoms with Crippen LogP contribution in [0.3, 0.4) is 0 Å². The van der Waals surface area contributed by atoms with Crippen molar-refractivity contribution >= 4 is 5.96 Å². The lowest BCUT2D eigenvalue weighted by Gasteiger charge is -2.11. The molecule has 0 radical (unpaired) electrons. The molecule has 0 saturated carbocycles. The van der Waals surface area contributed by atoms with E-state index < -0.39 is 0 Å². The van der Waals surface area contributed by atoms with E-state index in [1.165, 1.54) is 6.07 Å². The lowest BCUT2D eigenvalue weighted by Crippen LogP contribution is -2.37. The number of hydrogen-bond acceptors (Lipinski definition) is 2. The maximum absolute atomic E-state index is 13.1. The highest BCUT2D eigenvalue weighted by atomic mass is 19.1. The zero-order valence-electron chi connectivity index (χ0n) is 13.4. The van der Waals surface area contributed by atoms with E-state index in [9.17, 15) is 4.39 Å². The Kier molecular flexibility index (Phi) is 7.04. The van der Waals surface area contributed by atoms with Crippen molar-refractivity contribution in [3.63, 3.8) is 0 Å². The van der Waals surface area contributed by atoms with Crippen molar-refractivity contribution in [1.82, 2.24) is 15.6 Å². The number of guanidine groups is 1. The molecule has 1 heterocycles. The summed E-state index contributed by atoms with van der Waals surface area (Å²) in [6.07, 6.45) is 3.52. The van der Waals surface area contributed by atoms with Gasteiger partial charge in [-0.15, -0.1) is 0 Å². The molecule has 0 aliphatic rings. The van der Waals surface area contributed by atoms with Crippen molar-refractivity contribution in [3.05, 3.63) is 65.7 Å². The van der Waals surface area contributed by atoms with Crippen LogP contribution in [0.1, 0.15) is 24.6 Å². The first kappa shape index (κ1) is 16.9. The van der Waals surface area contributed by atoms with Crippen LogP contribution in [0.2, 0.25) is 0 Å². The fourth-order valence-corrected chi connectivity index (χ4v) is 2.19. The molecule has 0 saturated heterocycles. The van der Waals surface area contributed by atoms with E-state index in [-0.39, 0.29) is 5.82 Å². The summed E-state index contributed by atoms with van der Waals surface area (Å²) in [5, 5.41) is 6.50. The van der Waals surface area contributed by atoms with Crippen LogP contribution in [0.4, 0.5) is 4.39 Å². The lowest BCUT2D eigenvalue weighted by atomic mass is 10.1. The van der Waals surface area contributed by atoms with Crippen molar-refractivity contribution in [2.75, 3.05) is 13.1 Å². The summed E-state index contributed by atoms with van der Waals surface area (Å²) < 4.78 is 13.1. The second kappa shape index (κ2) is 9.56. The van der Waals surface area contributed by atoms with Gasteiger partial charge in [0.1, 0.15) is 5.82 Å². The number of pyridine rings is 1. The van der Waals surface area contributed by atoms with Gasteiger partial charge in [0.2, 0.25) is 0 Å². The average molecular weight is 314 g/mol. The fraction of sp³-hybridized carbons (Fsp3) is 0.333. The Morgan fingerprint density at radius 2 is 2.09 bits per heavy atom. The zero-order valence-corrected chi connectivity index (χ0v) is 13.4. The number of aromatic nitrogens is 1. The standard InChI is InChI=1S/C18H23FN4/c1-2-20-18(23-14-17-10-3-4-11-21-17)22-12-6-8-15-7-5-9-16(19)13-15/h3-5,7,9-11,13H,2,6,8,12,14H2,1H3,(H2,20,22,23). The van der Waals surface area contributed by atoms with E-state index in [2.05, 4.69) is 20.6 Å². The second-order valence-electron chi connectivity index (χ2n) is 5.18. The van der Waals surface area contributed by atoms with E-state index in [0.29, 0.717) is 6.54 Å². The van der Waals surface area contributed by atoms with Crippen LogP contribution in [0, 0.1) is 5.82 Å². The predicted octanol–water partition coefficient (Wildman–Crippen LogP) is 2.91. The highest BCUT2D eigenvalue weighted by Gasteiger charge is 1.99. The van der Waals surface area contributed by atoms with Crippen LogP contribution in [-0.4, -0.2) is 24.0 Å². The van der Waals surface area contributed by atoms with E-state index >= 15 is 0 Å². The molecule has 23 heavy (non-hydrogen) atoms. The Bertz CT molecular complexity index is 613. The molecule has 0 aliphatic carbocycles. The monoisotopic (exact) mass is 314 g/mol. The molecule has 0 amide bonds. The fourth-order valence-electron chi connectivity index (χ4n) is 2.19. The summed E-state index contributed by atoms with van der Waals surface area (Å²) in [6, 6.07) is 12.5. The van der Waals surface area contributed by atoms with Gasteiger partial charge in [0.25, 0.3) is 0 Å². The topological polar surface area (TPSA) is 49.3 Å². The number of rotatable bonds is 7. The molecule has 1 aromatic carbocycles. The number of aliphatic imine (C=N–C) groups is 1. The molecule has 0 atom stereocenters. The zero-order chi connectivity index (χ0) is 16.3. The highest BCUT2D eigenvalue weighted by Crippen LogP contribution is 2.05. The SMILES string of the molecule is CCNC(=NCc1ccccn1)NCCCc1cccc(F)c1. The molecule has 0 fully saturated rings. The summed E-state index contributed by atoms with van der Waals surface area (Å²) in [6.45, 7) is 4.16. The number of aryl methyl sites for hydroxylation is 1. The van der Waals surface area contributed by atoms with Gasteiger partial charge in [-0.3, -0.25) is 4.98 Å². The Hall–Kier alpha value is -2.43. The molecule has 1 aromatic heterocycles. The molecule has 2 N–H and O–H groups in total. The van der Waals surface area contributed by atoms with Crippen molar-refractivity contribution in [1.29, 1.82) is 0 Å². The van der Waals surface area contributed by atoms with Crippen molar-refractivity contribution in [2.45, 2.75) is 26.3 Å². The molecule has 0 aliphatic heterocycles. The lowest BCUT2D eigenvalue weighted by molar-refractivity contribution is 0.624.